The first kappa shape index (κ1) is 22.5. The largest absolute Gasteiger partial charge is 0.480 e. The van der Waals surface area contributed by atoms with E-state index in [-0.39, 0.29) is 18.5 Å². The second kappa shape index (κ2) is 8.00. The molecular formula is C22H26N6O5. The summed E-state index contributed by atoms with van der Waals surface area (Å²) in [4.78, 5) is 49.4. The highest BCUT2D eigenvalue weighted by molar-refractivity contribution is 6.12. The Morgan fingerprint density at radius 1 is 1.24 bits per heavy atom. The van der Waals surface area contributed by atoms with Crippen LogP contribution in [-0.2, 0) is 14.3 Å². The van der Waals surface area contributed by atoms with E-state index < -0.39 is 17.0 Å². The summed E-state index contributed by atoms with van der Waals surface area (Å²) in [7, 11) is 1.53. The van der Waals surface area contributed by atoms with E-state index >= 15 is 0 Å². The molecule has 11 heteroatoms. The lowest BCUT2D eigenvalue weighted by atomic mass is 9.89. The maximum absolute atomic E-state index is 13.5. The number of aliphatic carboxylic acids is 1. The van der Waals surface area contributed by atoms with Gasteiger partial charge in [0.15, 0.2) is 11.6 Å². The maximum Gasteiger partial charge on any atom is 0.329 e. The third-order valence-electron chi connectivity index (χ3n) is 6.06. The molecule has 4 rings (SSSR count). The molecule has 0 spiro atoms. The molecule has 0 bridgehead atoms. The van der Waals surface area contributed by atoms with Crippen molar-refractivity contribution < 1.29 is 24.2 Å². The molecule has 174 valence electrons. The summed E-state index contributed by atoms with van der Waals surface area (Å²) in [6, 6.07) is 6.69. The van der Waals surface area contributed by atoms with Crippen molar-refractivity contribution >= 4 is 35.1 Å². The van der Waals surface area contributed by atoms with E-state index in [2.05, 4.69) is 15.6 Å². The number of carbonyl (C=O) groups excluding carboxylic acids is 2. The van der Waals surface area contributed by atoms with Gasteiger partial charge in [-0.15, -0.1) is 0 Å². The van der Waals surface area contributed by atoms with Crippen molar-refractivity contribution in [1.29, 1.82) is 0 Å². The Bertz CT molecular complexity index is 1120. The number of nitrogens with one attached hydrogen (secondary N) is 2. The third kappa shape index (κ3) is 3.63. The first-order valence-corrected chi connectivity index (χ1v) is 10.5. The number of rotatable bonds is 4. The summed E-state index contributed by atoms with van der Waals surface area (Å²) in [6.45, 7) is 5.67. The summed E-state index contributed by atoms with van der Waals surface area (Å²) in [6.07, 6.45) is 1.49. The standard InChI is InChI=1S/C22H26N6O5/c1-21(2,19(30)31)28-15-11-24-16(13-5-7-14(8-6-13)25-20(32)23-4)26-17(15)27-9-10-33-12-22(27,3)18(28)29/h5-8,11H,9-10,12H2,1-4H3,(H,30,31)(H2,23,25,32). The zero-order valence-corrected chi connectivity index (χ0v) is 18.9. The number of carboxylic acid groups (broad SMARTS) is 1. The number of anilines is 3. The van der Waals surface area contributed by atoms with Gasteiger partial charge in [0, 0.05) is 24.8 Å². The van der Waals surface area contributed by atoms with Crippen molar-refractivity contribution in [2.45, 2.75) is 31.8 Å². The van der Waals surface area contributed by atoms with Gasteiger partial charge in [0.05, 0.1) is 19.4 Å². The molecule has 0 saturated carbocycles. The second-order valence-corrected chi connectivity index (χ2v) is 8.67. The van der Waals surface area contributed by atoms with Crippen molar-refractivity contribution in [3.05, 3.63) is 30.5 Å². The van der Waals surface area contributed by atoms with Crippen LogP contribution in [0.3, 0.4) is 0 Å². The Hall–Kier alpha value is -3.73. The predicted octanol–water partition coefficient (Wildman–Crippen LogP) is 1.70. The average Bonchev–Trinajstić information content (AvgIpc) is 2.79. The predicted molar refractivity (Wildman–Crippen MR) is 121 cm³/mol. The first-order valence-electron chi connectivity index (χ1n) is 10.5. The summed E-state index contributed by atoms with van der Waals surface area (Å²) in [5.41, 5.74) is -0.956. The fourth-order valence-electron chi connectivity index (χ4n) is 4.03. The number of fused-ring (bicyclic) bond motifs is 3. The van der Waals surface area contributed by atoms with Crippen LogP contribution in [0, 0.1) is 0 Å². The molecule has 3 N–H and O–H groups in total. The highest BCUT2D eigenvalue weighted by Crippen LogP contribution is 2.44. The van der Waals surface area contributed by atoms with Crippen LogP contribution >= 0.6 is 0 Å². The number of carboxylic acids is 1. The summed E-state index contributed by atoms with van der Waals surface area (Å²) < 4.78 is 5.60. The molecule has 2 aliphatic heterocycles. The molecule has 2 aliphatic rings. The summed E-state index contributed by atoms with van der Waals surface area (Å²) >= 11 is 0. The molecule has 2 aromatic rings. The van der Waals surface area contributed by atoms with Gasteiger partial charge >= 0.3 is 12.0 Å². The van der Waals surface area contributed by atoms with Crippen LogP contribution in [-0.4, -0.2) is 70.9 Å². The summed E-state index contributed by atoms with van der Waals surface area (Å²) in [5.74, 6) is -0.620. The molecule has 3 amide bonds. The van der Waals surface area contributed by atoms with Crippen molar-refractivity contribution in [3.8, 4) is 11.4 Å². The molecule has 1 aromatic heterocycles. The minimum Gasteiger partial charge on any atom is -0.480 e. The number of hydrogen-bond acceptors (Lipinski definition) is 7. The lowest BCUT2D eigenvalue weighted by Crippen LogP contribution is -2.71. The van der Waals surface area contributed by atoms with E-state index in [4.69, 9.17) is 9.72 Å². The number of nitrogens with zero attached hydrogens (tertiary/aromatic N) is 4. The normalized spacial score (nSPS) is 20.1. The minimum absolute atomic E-state index is 0.122. The van der Waals surface area contributed by atoms with Gasteiger partial charge in [-0.1, -0.05) is 0 Å². The third-order valence-corrected chi connectivity index (χ3v) is 6.06. The molecule has 1 atom stereocenters. The topological polar surface area (TPSA) is 137 Å². The van der Waals surface area contributed by atoms with Crippen LogP contribution in [0.25, 0.3) is 11.4 Å². The number of morpholine rings is 1. The number of urea groups is 1. The van der Waals surface area contributed by atoms with Crippen LogP contribution in [0.15, 0.2) is 30.5 Å². The van der Waals surface area contributed by atoms with Crippen LogP contribution in [0.5, 0.6) is 0 Å². The zero-order chi connectivity index (χ0) is 24.0. The van der Waals surface area contributed by atoms with Crippen molar-refractivity contribution in [1.82, 2.24) is 15.3 Å². The molecule has 0 radical (unpaired) electrons. The van der Waals surface area contributed by atoms with Crippen LogP contribution in [0.1, 0.15) is 20.8 Å². The Labute approximate surface area is 190 Å². The number of carbonyl (C=O) groups is 3. The highest BCUT2D eigenvalue weighted by atomic mass is 16.5. The van der Waals surface area contributed by atoms with Gasteiger partial charge in [-0.05, 0) is 45.0 Å². The van der Waals surface area contributed by atoms with Gasteiger partial charge in [-0.3, -0.25) is 9.69 Å². The number of amides is 3. The second-order valence-electron chi connectivity index (χ2n) is 8.67. The SMILES string of the molecule is CNC(=O)Nc1ccc(-c2ncc3c(n2)N2CCOCC2(C)C(=O)N3C(C)(C)C(=O)O)cc1. The van der Waals surface area contributed by atoms with Crippen LogP contribution < -0.4 is 20.4 Å². The van der Waals surface area contributed by atoms with E-state index in [0.717, 1.165) is 0 Å². The van der Waals surface area contributed by atoms with Crippen LogP contribution in [0.2, 0.25) is 0 Å². The lowest BCUT2D eigenvalue weighted by Gasteiger charge is -2.53. The molecule has 33 heavy (non-hydrogen) atoms. The van der Waals surface area contributed by atoms with Gasteiger partial charge in [-0.25, -0.2) is 19.6 Å². The lowest BCUT2D eigenvalue weighted by molar-refractivity contribution is -0.145. The maximum atomic E-state index is 13.5. The van der Waals surface area contributed by atoms with E-state index in [9.17, 15) is 19.5 Å². The Morgan fingerprint density at radius 2 is 1.94 bits per heavy atom. The first-order chi connectivity index (χ1) is 15.6. The Morgan fingerprint density at radius 3 is 2.58 bits per heavy atom. The smallest absolute Gasteiger partial charge is 0.329 e. The minimum atomic E-state index is -1.52. The number of benzene rings is 1. The molecule has 1 saturated heterocycles. The number of aromatic nitrogens is 2. The van der Waals surface area contributed by atoms with E-state index in [1.807, 2.05) is 4.90 Å². The van der Waals surface area contributed by atoms with Gasteiger partial charge in [0.25, 0.3) is 5.91 Å². The number of hydrogen-bond donors (Lipinski definition) is 3. The number of ether oxygens (including phenoxy) is 1. The van der Waals surface area contributed by atoms with Gasteiger partial charge < -0.3 is 25.4 Å². The average molecular weight is 454 g/mol. The van der Waals surface area contributed by atoms with Gasteiger partial charge in [0.2, 0.25) is 0 Å². The molecular weight excluding hydrogens is 428 g/mol. The highest BCUT2D eigenvalue weighted by Gasteiger charge is 2.55. The molecule has 1 fully saturated rings. The Balaban J connectivity index is 1.80. The van der Waals surface area contributed by atoms with E-state index in [0.29, 0.717) is 41.7 Å². The van der Waals surface area contributed by atoms with E-state index in [1.165, 1.54) is 32.0 Å². The van der Waals surface area contributed by atoms with Crippen molar-refractivity contribution in [3.63, 3.8) is 0 Å². The molecule has 1 unspecified atom stereocenters. The zero-order valence-electron chi connectivity index (χ0n) is 18.9. The summed E-state index contributed by atoms with van der Waals surface area (Å²) in [5, 5.41) is 15.0. The monoisotopic (exact) mass is 454 g/mol. The van der Waals surface area contributed by atoms with E-state index in [1.54, 1.807) is 31.2 Å². The fourth-order valence-corrected chi connectivity index (χ4v) is 4.03. The fraction of sp³-hybridized carbons (Fsp3) is 0.409. The van der Waals surface area contributed by atoms with Gasteiger partial charge in [0.1, 0.15) is 16.8 Å². The molecule has 11 nitrogen and oxygen atoms in total. The molecule has 0 aliphatic carbocycles. The molecule has 1 aromatic carbocycles. The van der Waals surface area contributed by atoms with Gasteiger partial charge in [-0.2, -0.15) is 0 Å². The van der Waals surface area contributed by atoms with Crippen molar-refractivity contribution in [2.24, 2.45) is 0 Å². The molecule has 3 heterocycles. The quantitative estimate of drug-likeness (QED) is 0.635. The Kier molecular flexibility index (Phi) is 5.44. The van der Waals surface area contributed by atoms with Crippen molar-refractivity contribution in [2.75, 3.05) is 41.9 Å². The van der Waals surface area contributed by atoms with Crippen LogP contribution in [0.4, 0.5) is 22.0 Å².